The molecule has 1 aliphatic heterocycles. The number of amides is 2. The maximum absolute atomic E-state index is 13.4. The van der Waals surface area contributed by atoms with Gasteiger partial charge < -0.3 is 9.47 Å². The minimum Gasteiger partial charge on any atom is -0.490 e. The first-order valence-electron chi connectivity index (χ1n) is 9.84. The topological polar surface area (TPSA) is 55.8 Å². The number of nitrogens with zero attached hydrogens (tertiary/aromatic N) is 1. The van der Waals surface area contributed by atoms with E-state index < -0.39 is 0 Å². The molecule has 0 aromatic heterocycles. The number of thioether (sulfide) groups is 1. The highest BCUT2D eigenvalue weighted by Crippen LogP contribution is 2.36. The molecular formula is C23H24FNO4S. The van der Waals surface area contributed by atoms with E-state index in [4.69, 9.17) is 9.47 Å². The molecule has 2 aromatic rings. The van der Waals surface area contributed by atoms with Crippen molar-refractivity contribution >= 4 is 29.0 Å². The molecule has 0 aliphatic carbocycles. The smallest absolute Gasteiger partial charge is 0.293 e. The van der Waals surface area contributed by atoms with Crippen molar-refractivity contribution < 1.29 is 23.5 Å². The lowest BCUT2D eigenvalue weighted by Crippen LogP contribution is -2.36. The van der Waals surface area contributed by atoms with Gasteiger partial charge in [-0.15, -0.1) is 0 Å². The number of benzene rings is 2. The monoisotopic (exact) mass is 429 g/mol. The van der Waals surface area contributed by atoms with E-state index in [0.29, 0.717) is 35.0 Å². The highest BCUT2D eigenvalue weighted by Gasteiger charge is 2.37. The molecule has 1 fully saturated rings. The van der Waals surface area contributed by atoms with Gasteiger partial charge in [0, 0.05) is 6.04 Å². The Kier molecular flexibility index (Phi) is 7.15. The van der Waals surface area contributed by atoms with E-state index in [-0.39, 0.29) is 29.6 Å². The maximum Gasteiger partial charge on any atom is 0.293 e. The summed E-state index contributed by atoms with van der Waals surface area (Å²) in [6, 6.07) is 11.4. The Bertz CT molecular complexity index is 975. The van der Waals surface area contributed by atoms with Crippen molar-refractivity contribution in [3.63, 3.8) is 0 Å². The van der Waals surface area contributed by atoms with E-state index >= 15 is 0 Å². The van der Waals surface area contributed by atoms with Gasteiger partial charge in [-0.1, -0.05) is 25.1 Å². The van der Waals surface area contributed by atoms with Crippen molar-refractivity contribution in [2.75, 3.05) is 6.61 Å². The summed E-state index contributed by atoms with van der Waals surface area (Å²) in [4.78, 5) is 26.5. The molecule has 1 heterocycles. The number of rotatable bonds is 8. The Morgan fingerprint density at radius 2 is 1.90 bits per heavy atom. The molecular weight excluding hydrogens is 405 g/mol. The van der Waals surface area contributed by atoms with Crippen LogP contribution in [0.3, 0.4) is 0 Å². The Hall–Kier alpha value is -2.80. The van der Waals surface area contributed by atoms with Crippen molar-refractivity contribution in [2.45, 2.75) is 39.8 Å². The summed E-state index contributed by atoms with van der Waals surface area (Å²) in [7, 11) is 0. The second-order valence-electron chi connectivity index (χ2n) is 6.87. The molecule has 158 valence electrons. The summed E-state index contributed by atoms with van der Waals surface area (Å²) < 4.78 is 24.8. The van der Waals surface area contributed by atoms with Gasteiger partial charge in [0.15, 0.2) is 11.5 Å². The van der Waals surface area contributed by atoms with Gasteiger partial charge in [-0.3, -0.25) is 14.5 Å². The first kappa shape index (κ1) is 21.9. The van der Waals surface area contributed by atoms with Crippen LogP contribution in [0.4, 0.5) is 9.18 Å². The highest BCUT2D eigenvalue weighted by molar-refractivity contribution is 8.18. The SMILES string of the molecule is CCOc1cc(/C=C2/SC(=O)N([C@@H](C)CC)C2=O)ccc1OCc1cccc(F)c1. The van der Waals surface area contributed by atoms with Crippen molar-refractivity contribution in [3.05, 3.63) is 64.3 Å². The summed E-state index contributed by atoms with van der Waals surface area (Å²) in [6.07, 6.45) is 2.39. The van der Waals surface area contributed by atoms with Gasteiger partial charge in [0.05, 0.1) is 11.5 Å². The standard InChI is InChI=1S/C23H24FNO4S/c1-4-15(3)25-22(26)21(30-23(25)27)13-16-9-10-19(20(12-16)28-5-2)29-14-17-7-6-8-18(24)11-17/h6-13,15H,4-5,14H2,1-3H3/b21-13+/t15-/m0/s1. The third-order valence-electron chi connectivity index (χ3n) is 4.70. The number of halogens is 1. The zero-order chi connectivity index (χ0) is 21.7. The van der Waals surface area contributed by atoms with Crippen molar-refractivity contribution in [1.82, 2.24) is 4.90 Å². The summed E-state index contributed by atoms with van der Waals surface area (Å²) in [5.41, 5.74) is 1.44. The molecule has 0 bridgehead atoms. The molecule has 0 N–H and O–H groups in total. The molecule has 30 heavy (non-hydrogen) atoms. The minimum atomic E-state index is -0.317. The number of carbonyl (C=O) groups is 2. The normalized spacial score (nSPS) is 16.3. The van der Waals surface area contributed by atoms with Crippen LogP contribution in [0.5, 0.6) is 11.5 Å². The number of imide groups is 1. The molecule has 2 aromatic carbocycles. The predicted molar refractivity (Wildman–Crippen MR) is 116 cm³/mol. The molecule has 0 unspecified atom stereocenters. The Labute approximate surface area is 179 Å². The predicted octanol–water partition coefficient (Wildman–Crippen LogP) is 5.64. The summed E-state index contributed by atoms with van der Waals surface area (Å²) in [6.45, 7) is 6.29. The van der Waals surface area contributed by atoms with Crippen molar-refractivity contribution in [3.8, 4) is 11.5 Å². The Morgan fingerprint density at radius 3 is 2.60 bits per heavy atom. The minimum absolute atomic E-state index is 0.138. The van der Waals surface area contributed by atoms with Crippen LogP contribution in [0.2, 0.25) is 0 Å². The number of hydrogen-bond donors (Lipinski definition) is 0. The molecule has 0 spiro atoms. The summed E-state index contributed by atoms with van der Waals surface area (Å²) >= 11 is 0.944. The van der Waals surface area contributed by atoms with Crippen LogP contribution in [0.1, 0.15) is 38.3 Å². The lowest BCUT2D eigenvalue weighted by molar-refractivity contribution is -0.124. The second-order valence-corrected chi connectivity index (χ2v) is 7.86. The van der Waals surface area contributed by atoms with Gasteiger partial charge in [-0.2, -0.15) is 0 Å². The van der Waals surface area contributed by atoms with Gasteiger partial charge in [-0.05, 0) is 73.5 Å². The van der Waals surface area contributed by atoms with E-state index in [1.807, 2.05) is 20.8 Å². The first-order valence-corrected chi connectivity index (χ1v) is 10.7. The fraction of sp³-hybridized carbons (Fsp3) is 0.304. The molecule has 3 rings (SSSR count). The van der Waals surface area contributed by atoms with E-state index in [2.05, 4.69) is 0 Å². The highest BCUT2D eigenvalue weighted by atomic mass is 32.2. The fourth-order valence-electron chi connectivity index (χ4n) is 2.98. The molecule has 0 saturated carbocycles. The molecule has 1 atom stereocenters. The van der Waals surface area contributed by atoms with Crippen LogP contribution >= 0.6 is 11.8 Å². The van der Waals surface area contributed by atoms with Crippen LogP contribution in [0.15, 0.2) is 47.4 Å². The molecule has 7 heteroatoms. The molecule has 1 aliphatic rings. The average Bonchev–Trinajstić information content (AvgIpc) is 3.00. The van der Waals surface area contributed by atoms with Crippen molar-refractivity contribution in [1.29, 1.82) is 0 Å². The van der Waals surface area contributed by atoms with Crippen LogP contribution in [0, 0.1) is 5.82 Å². The van der Waals surface area contributed by atoms with E-state index in [9.17, 15) is 14.0 Å². The third-order valence-corrected chi connectivity index (χ3v) is 5.59. The zero-order valence-electron chi connectivity index (χ0n) is 17.2. The Balaban J connectivity index is 1.80. The summed E-state index contributed by atoms with van der Waals surface area (Å²) in [5.74, 6) is 0.446. The van der Waals surface area contributed by atoms with Gasteiger partial charge in [0.1, 0.15) is 12.4 Å². The Morgan fingerprint density at radius 1 is 1.10 bits per heavy atom. The van der Waals surface area contributed by atoms with Gasteiger partial charge in [0.25, 0.3) is 11.1 Å². The second kappa shape index (κ2) is 9.80. The molecule has 1 saturated heterocycles. The van der Waals surface area contributed by atoms with Gasteiger partial charge in [0.2, 0.25) is 0 Å². The van der Waals surface area contributed by atoms with E-state index in [1.165, 1.54) is 17.0 Å². The zero-order valence-corrected chi connectivity index (χ0v) is 18.0. The lowest BCUT2D eigenvalue weighted by Gasteiger charge is -2.19. The largest absolute Gasteiger partial charge is 0.490 e. The lowest BCUT2D eigenvalue weighted by atomic mass is 10.1. The van der Waals surface area contributed by atoms with Crippen LogP contribution in [-0.2, 0) is 11.4 Å². The van der Waals surface area contributed by atoms with E-state index in [0.717, 1.165) is 17.3 Å². The van der Waals surface area contributed by atoms with Crippen LogP contribution < -0.4 is 9.47 Å². The fourth-order valence-corrected chi connectivity index (χ4v) is 3.91. The van der Waals surface area contributed by atoms with Gasteiger partial charge in [-0.25, -0.2) is 4.39 Å². The van der Waals surface area contributed by atoms with Crippen LogP contribution in [-0.4, -0.2) is 28.7 Å². The maximum atomic E-state index is 13.4. The number of ether oxygens (including phenoxy) is 2. The summed E-state index contributed by atoms with van der Waals surface area (Å²) in [5, 5.41) is -0.249. The van der Waals surface area contributed by atoms with Crippen LogP contribution in [0.25, 0.3) is 6.08 Å². The molecule has 2 amide bonds. The third kappa shape index (κ3) is 5.02. The quantitative estimate of drug-likeness (QED) is 0.509. The number of hydrogen-bond acceptors (Lipinski definition) is 5. The average molecular weight is 430 g/mol. The molecule has 5 nitrogen and oxygen atoms in total. The number of carbonyl (C=O) groups excluding carboxylic acids is 2. The first-order chi connectivity index (χ1) is 14.4. The van der Waals surface area contributed by atoms with Crippen molar-refractivity contribution in [2.24, 2.45) is 0 Å². The molecule has 0 radical (unpaired) electrons. The van der Waals surface area contributed by atoms with E-state index in [1.54, 1.807) is 36.4 Å². The van der Waals surface area contributed by atoms with Gasteiger partial charge >= 0.3 is 0 Å².